The van der Waals surface area contributed by atoms with Crippen LogP contribution in [0.4, 0.5) is 0 Å². The largest absolute Gasteiger partial charge is 0.456 e. The van der Waals surface area contributed by atoms with Crippen molar-refractivity contribution in [2.45, 2.75) is 84.3 Å². The predicted molar refractivity (Wildman–Crippen MR) is 133 cm³/mol. The maximum atomic E-state index is 13.0. The summed E-state index contributed by atoms with van der Waals surface area (Å²) in [5, 5.41) is 0. The third-order valence-corrected chi connectivity index (χ3v) is 10.5. The van der Waals surface area contributed by atoms with Gasteiger partial charge in [-0.25, -0.2) is 4.79 Å². The molecule has 8 atom stereocenters. The first-order chi connectivity index (χ1) is 16.4. The lowest BCUT2D eigenvalue weighted by molar-refractivity contribution is -0.188. The van der Waals surface area contributed by atoms with Crippen LogP contribution in [-0.2, 0) is 14.2 Å². The third-order valence-electron chi connectivity index (χ3n) is 10.5. The van der Waals surface area contributed by atoms with Crippen LogP contribution < -0.4 is 0 Å². The fourth-order valence-electron chi connectivity index (χ4n) is 8.79. The van der Waals surface area contributed by atoms with E-state index in [0.29, 0.717) is 22.8 Å². The molecular weight excluding hydrogens is 424 g/mol. The topological polar surface area (TPSA) is 44.8 Å². The van der Waals surface area contributed by atoms with Gasteiger partial charge in [-0.05, 0) is 105 Å². The average molecular weight is 467 g/mol. The summed E-state index contributed by atoms with van der Waals surface area (Å²) in [4.78, 5) is 13.0. The molecule has 0 N–H and O–H groups in total. The van der Waals surface area contributed by atoms with Crippen molar-refractivity contribution in [2.75, 3.05) is 13.9 Å². The molecule has 4 nitrogen and oxygen atoms in total. The third kappa shape index (κ3) is 3.95. The number of esters is 1. The van der Waals surface area contributed by atoms with Crippen molar-refractivity contribution in [1.82, 2.24) is 0 Å². The van der Waals surface area contributed by atoms with Gasteiger partial charge in [0.25, 0.3) is 0 Å². The molecule has 0 bridgehead atoms. The van der Waals surface area contributed by atoms with Gasteiger partial charge in [0.2, 0.25) is 0 Å². The van der Waals surface area contributed by atoms with Crippen molar-refractivity contribution >= 4 is 5.97 Å². The molecular formula is C30H42O4. The first-order valence-electron chi connectivity index (χ1n) is 13.4. The van der Waals surface area contributed by atoms with Crippen LogP contribution in [-0.4, -0.2) is 32.1 Å². The Bertz CT molecular complexity index is 910. The Morgan fingerprint density at radius 3 is 2.59 bits per heavy atom. The Labute approximate surface area is 205 Å². The molecule has 0 radical (unpaired) electrons. The minimum absolute atomic E-state index is 0.0998. The van der Waals surface area contributed by atoms with E-state index < -0.39 is 0 Å². The molecule has 4 fully saturated rings. The molecule has 34 heavy (non-hydrogen) atoms. The Morgan fingerprint density at radius 2 is 1.85 bits per heavy atom. The highest BCUT2D eigenvalue weighted by atomic mass is 16.7. The van der Waals surface area contributed by atoms with E-state index >= 15 is 0 Å². The second-order valence-corrected chi connectivity index (χ2v) is 11.8. The van der Waals surface area contributed by atoms with Gasteiger partial charge in [0, 0.05) is 7.11 Å². The van der Waals surface area contributed by atoms with Gasteiger partial charge in [-0.3, -0.25) is 0 Å². The number of rotatable bonds is 5. The highest BCUT2D eigenvalue weighted by Crippen LogP contribution is 2.67. The fourth-order valence-corrected chi connectivity index (χ4v) is 8.79. The first kappa shape index (κ1) is 24.1. The second kappa shape index (κ2) is 9.43. The molecule has 0 aliphatic heterocycles. The summed E-state index contributed by atoms with van der Waals surface area (Å²) in [6, 6.07) is 9.36. The number of allylic oxidation sites excluding steroid dienone is 2. The maximum Gasteiger partial charge on any atom is 0.338 e. The van der Waals surface area contributed by atoms with E-state index in [9.17, 15) is 4.79 Å². The highest BCUT2D eigenvalue weighted by molar-refractivity contribution is 5.89. The van der Waals surface area contributed by atoms with Crippen LogP contribution in [0.1, 0.15) is 82.5 Å². The number of hydrogen-bond acceptors (Lipinski definition) is 4. The van der Waals surface area contributed by atoms with Crippen molar-refractivity contribution < 1.29 is 19.0 Å². The summed E-state index contributed by atoms with van der Waals surface area (Å²) in [6.07, 6.45) is 11.8. The van der Waals surface area contributed by atoms with E-state index in [1.807, 2.05) is 30.3 Å². The van der Waals surface area contributed by atoms with E-state index in [2.05, 4.69) is 26.8 Å². The van der Waals surface area contributed by atoms with E-state index in [0.717, 1.165) is 24.7 Å². The number of benzene rings is 1. The molecule has 186 valence electrons. The van der Waals surface area contributed by atoms with Gasteiger partial charge in [0.05, 0.1) is 11.7 Å². The van der Waals surface area contributed by atoms with Gasteiger partial charge in [0.1, 0.15) is 12.9 Å². The van der Waals surface area contributed by atoms with Gasteiger partial charge in [0.15, 0.2) is 0 Å². The number of methoxy groups -OCH3 is 1. The predicted octanol–water partition coefficient (Wildman–Crippen LogP) is 6.80. The number of carbonyl (C=O) groups excluding carboxylic acids is 1. The molecule has 4 aliphatic carbocycles. The lowest BCUT2D eigenvalue weighted by Crippen LogP contribution is -2.57. The van der Waals surface area contributed by atoms with Crippen LogP contribution in [0.25, 0.3) is 0 Å². The van der Waals surface area contributed by atoms with Gasteiger partial charge in [-0.15, -0.1) is 0 Å². The number of carbonyl (C=O) groups is 1. The Morgan fingerprint density at radius 1 is 1.06 bits per heavy atom. The molecule has 4 aliphatic rings. The molecule has 0 amide bonds. The summed E-state index contributed by atoms with van der Waals surface area (Å²) in [6.45, 7) is 7.54. The van der Waals surface area contributed by atoms with Crippen LogP contribution in [0.15, 0.2) is 42.0 Å². The van der Waals surface area contributed by atoms with Gasteiger partial charge in [-0.2, -0.15) is 0 Å². The average Bonchev–Trinajstić information content (AvgIpc) is 3.19. The van der Waals surface area contributed by atoms with E-state index in [4.69, 9.17) is 14.2 Å². The van der Waals surface area contributed by atoms with E-state index in [-0.39, 0.29) is 30.4 Å². The van der Waals surface area contributed by atoms with Crippen LogP contribution in [0.5, 0.6) is 0 Å². The van der Waals surface area contributed by atoms with Crippen LogP contribution >= 0.6 is 0 Å². The number of fused-ring (bicyclic) bond motifs is 5. The zero-order chi connectivity index (χ0) is 23.9. The standard InChI is InChI=1S/C30H42O4/c1-5-21-12-14-24-23-13-11-22-17-26(33-19-32-4)27(34-28(31)20-9-7-6-8-10-20)18-30(22,3)25(23)15-16-29(21,24)2/h5-10,22-27H,11-19H2,1-4H3. The summed E-state index contributed by atoms with van der Waals surface area (Å²) in [5.74, 6) is 2.69. The fraction of sp³-hybridized carbons (Fsp3) is 0.700. The molecule has 1 aromatic rings. The molecule has 0 saturated heterocycles. The smallest absolute Gasteiger partial charge is 0.338 e. The lowest BCUT2D eigenvalue weighted by atomic mass is 9.44. The Balaban J connectivity index is 1.39. The van der Waals surface area contributed by atoms with Gasteiger partial charge >= 0.3 is 5.97 Å². The summed E-state index contributed by atoms with van der Waals surface area (Å²) < 4.78 is 17.6. The van der Waals surface area contributed by atoms with Crippen molar-refractivity contribution in [3.8, 4) is 0 Å². The number of ether oxygens (including phenoxy) is 3. The Hall–Kier alpha value is -1.65. The van der Waals surface area contributed by atoms with Crippen molar-refractivity contribution in [3.63, 3.8) is 0 Å². The lowest BCUT2D eigenvalue weighted by Gasteiger charge is -2.61. The monoisotopic (exact) mass is 466 g/mol. The van der Waals surface area contributed by atoms with Crippen molar-refractivity contribution in [2.24, 2.45) is 34.5 Å². The van der Waals surface area contributed by atoms with Crippen molar-refractivity contribution in [1.29, 1.82) is 0 Å². The van der Waals surface area contributed by atoms with E-state index in [1.165, 1.54) is 38.5 Å². The summed E-state index contributed by atoms with van der Waals surface area (Å²) in [5.41, 5.74) is 2.91. The van der Waals surface area contributed by atoms with Gasteiger partial charge in [-0.1, -0.05) is 43.7 Å². The zero-order valence-corrected chi connectivity index (χ0v) is 21.4. The minimum Gasteiger partial charge on any atom is -0.456 e. The summed E-state index contributed by atoms with van der Waals surface area (Å²) in [7, 11) is 1.66. The molecule has 4 saturated carbocycles. The van der Waals surface area contributed by atoms with Crippen LogP contribution in [0.3, 0.4) is 0 Å². The molecule has 0 spiro atoms. The molecule has 8 unspecified atom stereocenters. The maximum absolute atomic E-state index is 13.0. The summed E-state index contributed by atoms with van der Waals surface area (Å²) >= 11 is 0. The second-order valence-electron chi connectivity index (χ2n) is 11.8. The Kier molecular flexibility index (Phi) is 6.67. The number of hydrogen-bond donors (Lipinski definition) is 0. The van der Waals surface area contributed by atoms with E-state index in [1.54, 1.807) is 12.7 Å². The molecule has 4 heteroatoms. The zero-order valence-electron chi connectivity index (χ0n) is 21.4. The molecule has 0 heterocycles. The quantitative estimate of drug-likeness (QED) is 0.272. The minimum atomic E-state index is -0.240. The molecule has 5 rings (SSSR count). The normalized spacial score (nSPS) is 42.5. The highest BCUT2D eigenvalue weighted by Gasteiger charge is 2.60. The molecule has 1 aromatic carbocycles. The van der Waals surface area contributed by atoms with Gasteiger partial charge < -0.3 is 14.2 Å². The van der Waals surface area contributed by atoms with Crippen LogP contribution in [0, 0.1) is 34.5 Å². The SMILES string of the molecule is CC=C1CCC2C3CCC4CC(OCOC)C(OC(=O)c5ccccc5)CC4(C)C3CCC12C. The first-order valence-corrected chi connectivity index (χ1v) is 13.4. The van der Waals surface area contributed by atoms with Crippen molar-refractivity contribution in [3.05, 3.63) is 47.5 Å². The van der Waals surface area contributed by atoms with Crippen LogP contribution in [0.2, 0.25) is 0 Å². The molecule has 0 aromatic heterocycles.